The second kappa shape index (κ2) is 5.78. The number of nitrogens with zero attached hydrogens (tertiary/aromatic N) is 1. The Balaban J connectivity index is 2.57. The van der Waals surface area contributed by atoms with Crippen LogP contribution in [-0.4, -0.2) is 18.1 Å². The molecular formula is C10H15NO2S. The van der Waals surface area contributed by atoms with E-state index in [-0.39, 0.29) is 0 Å². The molecule has 0 aliphatic rings. The van der Waals surface area contributed by atoms with Gasteiger partial charge in [0.25, 0.3) is 0 Å². The van der Waals surface area contributed by atoms with Gasteiger partial charge in [0, 0.05) is 5.75 Å². The summed E-state index contributed by atoms with van der Waals surface area (Å²) >= 11 is 1.39. The summed E-state index contributed by atoms with van der Waals surface area (Å²) in [6.45, 7) is 2.08. The summed E-state index contributed by atoms with van der Waals surface area (Å²) in [5.74, 6) is 1.70. The van der Waals surface area contributed by atoms with Gasteiger partial charge in [-0.3, -0.25) is 5.21 Å². The Morgan fingerprint density at radius 1 is 1.36 bits per heavy atom. The number of ether oxygens (including phenoxy) is 1. The molecule has 0 saturated carbocycles. The van der Waals surface area contributed by atoms with Crippen LogP contribution in [0.15, 0.2) is 24.3 Å². The molecule has 0 aliphatic heterocycles. The van der Waals surface area contributed by atoms with Crippen molar-refractivity contribution >= 4 is 17.6 Å². The van der Waals surface area contributed by atoms with Crippen molar-refractivity contribution < 1.29 is 9.94 Å². The van der Waals surface area contributed by atoms with Crippen LogP contribution in [0.25, 0.3) is 0 Å². The molecule has 0 unspecified atom stereocenters. The van der Waals surface area contributed by atoms with Crippen molar-refractivity contribution in [1.29, 1.82) is 0 Å². The Morgan fingerprint density at radius 2 is 2.00 bits per heavy atom. The zero-order valence-electron chi connectivity index (χ0n) is 8.43. The first-order valence-electron chi connectivity index (χ1n) is 4.54. The minimum Gasteiger partial charge on any atom is -0.497 e. The van der Waals surface area contributed by atoms with Crippen LogP contribution in [0.3, 0.4) is 0 Å². The normalized spacial score (nSPS) is 9.93. The van der Waals surface area contributed by atoms with Crippen LogP contribution in [0.5, 0.6) is 5.75 Å². The molecule has 0 spiro atoms. The molecule has 0 atom stereocenters. The second-order valence-corrected chi connectivity index (χ2v) is 3.82. The van der Waals surface area contributed by atoms with E-state index in [1.54, 1.807) is 7.11 Å². The maximum atomic E-state index is 9.57. The third-order valence-corrected chi connectivity index (χ3v) is 2.76. The van der Waals surface area contributed by atoms with Crippen LogP contribution < -0.4 is 9.21 Å². The first kappa shape index (κ1) is 11.2. The van der Waals surface area contributed by atoms with E-state index in [4.69, 9.17) is 4.74 Å². The third-order valence-electron chi connectivity index (χ3n) is 1.71. The molecule has 4 heteroatoms. The third kappa shape index (κ3) is 3.12. The smallest absolute Gasteiger partial charge is 0.119 e. The van der Waals surface area contributed by atoms with Gasteiger partial charge in [-0.15, -0.1) is 0 Å². The zero-order chi connectivity index (χ0) is 10.4. The van der Waals surface area contributed by atoms with Crippen molar-refractivity contribution in [1.82, 2.24) is 0 Å². The van der Waals surface area contributed by atoms with Crippen LogP contribution >= 0.6 is 11.9 Å². The number of methoxy groups -OCH3 is 1. The fourth-order valence-electron chi connectivity index (χ4n) is 0.962. The summed E-state index contributed by atoms with van der Waals surface area (Å²) in [4.78, 5) is 0. The van der Waals surface area contributed by atoms with Crippen LogP contribution in [0.1, 0.15) is 13.3 Å². The van der Waals surface area contributed by atoms with E-state index in [0.717, 1.165) is 23.6 Å². The average molecular weight is 213 g/mol. The molecule has 1 rings (SSSR count). The number of anilines is 1. The lowest BCUT2D eigenvalue weighted by Crippen LogP contribution is -2.07. The highest BCUT2D eigenvalue weighted by molar-refractivity contribution is 8.00. The molecule has 78 valence electrons. The molecule has 0 heterocycles. The predicted molar refractivity (Wildman–Crippen MR) is 60.0 cm³/mol. The van der Waals surface area contributed by atoms with Crippen molar-refractivity contribution in [2.45, 2.75) is 13.3 Å². The van der Waals surface area contributed by atoms with Gasteiger partial charge in [0.2, 0.25) is 0 Å². The molecule has 0 saturated heterocycles. The molecular weight excluding hydrogens is 198 g/mol. The molecule has 1 aromatic rings. The van der Waals surface area contributed by atoms with Crippen molar-refractivity contribution in [3.8, 4) is 5.75 Å². The molecule has 0 aliphatic carbocycles. The highest BCUT2D eigenvalue weighted by Gasteiger charge is 2.02. The number of benzene rings is 1. The van der Waals surface area contributed by atoms with E-state index < -0.39 is 0 Å². The first-order valence-corrected chi connectivity index (χ1v) is 5.48. The lowest BCUT2D eigenvalue weighted by Gasteiger charge is -2.14. The SMILES string of the molecule is CCCSN(O)c1ccc(OC)cc1. The summed E-state index contributed by atoms with van der Waals surface area (Å²) in [7, 11) is 1.62. The van der Waals surface area contributed by atoms with Crippen molar-refractivity contribution in [2.24, 2.45) is 0 Å². The van der Waals surface area contributed by atoms with E-state index in [0.29, 0.717) is 0 Å². The summed E-state index contributed by atoms with van der Waals surface area (Å²) in [6, 6.07) is 7.29. The van der Waals surface area contributed by atoms with Gasteiger partial charge in [0.1, 0.15) is 5.75 Å². The predicted octanol–water partition coefficient (Wildman–Crippen LogP) is 2.95. The zero-order valence-corrected chi connectivity index (χ0v) is 9.25. The molecule has 0 aromatic heterocycles. The Hall–Kier alpha value is -0.870. The van der Waals surface area contributed by atoms with Gasteiger partial charge < -0.3 is 4.74 Å². The molecule has 1 N–H and O–H groups in total. The Bertz CT molecular complexity index is 263. The summed E-state index contributed by atoms with van der Waals surface area (Å²) in [5.41, 5.74) is 0.768. The maximum Gasteiger partial charge on any atom is 0.119 e. The van der Waals surface area contributed by atoms with Crippen LogP contribution in [0.2, 0.25) is 0 Å². The van der Waals surface area contributed by atoms with Gasteiger partial charge in [0.15, 0.2) is 0 Å². The topological polar surface area (TPSA) is 32.7 Å². The maximum absolute atomic E-state index is 9.57. The average Bonchev–Trinajstić information content (AvgIpc) is 2.26. The number of hydrogen-bond donors (Lipinski definition) is 1. The summed E-state index contributed by atoms with van der Waals surface area (Å²) in [6.07, 6.45) is 1.04. The van der Waals surface area contributed by atoms with Crippen LogP contribution in [-0.2, 0) is 0 Å². The lowest BCUT2D eigenvalue weighted by molar-refractivity contribution is 0.332. The Kier molecular flexibility index (Phi) is 4.62. The number of rotatable bonds is 5. The minimum absolute atomic E-state index is 0.768. The lowest BCUT2D eigenvalue weighted by atomic mass is 10.3. The van der Waals surface area contributed by atoms with Crippen molar-refractivity contribution in [2.75, 3.05) is 17.3 Å². The molecule has 14 heavy (non-hydrogen) atoms. The molecule has 0 bridgehead atoms. The van der Waals surface area contributed by atoms with E-state index in [1.807, 2.05) is 24.3 Å². The fraction of sp³-hybridized carbons (Fsp3) is 0.400. The van der Waals surface area contributed by atoms with Gasteiger partial charge in [-0.05, 0) is 42.6 Å². The molecule has 0 fully saturated rings. The molecule has 3 nitrogen and oxygen atoms in total. The van der Waals surface area contributed by atoms with Gasteiger partial charge in [-0.25, -0.2) is 0 Å². The van der Waals surface area contributed by atoms with E-state index in [1.165, 1.54) is 16.4 Å². The quantitative estimate of drug-likeness (QED) is 0.602. The van der Waals surface area contributed by atoms with Gasteiger partial charge >= 0.3 is 0 Å². The van der Waals surface area contributed by atoms with E-state index in [2.05, 4.69) is 6.92 Å². The standard InChI is InChI=1S/C10H15NO2S/c1-3-8-14-11(12)9-4-6-10(13-2)7-5-9/h4-7,12H,3,8H2,1-2H3. The van der Waals surface area contributed by atoms with Crippen LogP contribution in [0, 0.1) is 0 Å². The Morgan fingerprint density at radius 3 is 2.50 bits per heavy atom. The van der Waals surface area contributed by atoms with Gasteiger partial charge in [-0.1, -0.05) is 6.92 Å². The van der Waals surface area contributed by atoms with Crippen molar-refractivity contribution in [3.05, 3.63) is 24.3 Å². The molecule has 1 aromatic carbocycles. The number of hydrogen-bond acceptors (Lipinski definition) is 4. The highest BCUT2D eigenvalue weighted by atomic mass is 32.2. The highest BCUT2D eigenvalue weighted by Crippen LogP contribution is 2.23. The second-order valence-electron chi connectivity index (χ2n) is 2.80. The molecule has 0 radical (unpaired) electrons. The largest absolute Gasteiger partial charge is 0.497 e. The van der Waals surface area contributed by atoms with Crippen molar-refractivity contribution in [3.63, 3.8) is 0 Å². The first-order chi connectivity index (χ1) is 6.77. The van der Waals surface area contributed by atoms with Gasteiger partial charge in [-0.2, -0.15) is 4.47 Å². The van der Waals surface area contributed by atoms with Gasteiger partial charge in [0.05, 0.1) is 12.8 Å². The monoisotopic (exact) mass is 213 g/mol. The summed E-state index contributed by atoms with van der Waals surface area (Å²) in [5, 5.41) is 9.57. The summed E-state index contributed by atoms with van der Waals surface area (Å²) < 4.78 is 6.21. The fourth-order valence-corrected chi connectivity index (χ4v) is 1.59. The molecule has 0 amide bonds. The minimum atomic E-state index is 0.768. The van der Waals surface area contributed by atoms with Crippen LogP contribution in [0.4, 0.5) is 5.69 Å². The van der Waals surface area contributed by atoms with E-state index in [9.17, 15) is 5.21 Å². The van der Waals surface area contributed by atoms with E-state index >= 15 is 0 Å². The Labute approximate surface area is 88.8 Å².